The molecule has 0 N–H and O–H groups in total. The van der Waals surface area contributed by atoms with Crippen LogP contribution in [-0.4, -0.2) is 35.2 Å². The van der Waals surface area contributed by atoms with Gasteiger partial charge in [0.2, 0.25) is 5.91 Å². The van der Waals surface area contributed by atoms with Crippen molar-refractivity contribution in [3.8, 4) is 11.5 Å². The zero-order valence-corrected chi connectivity index (χ0v) is 12.8. The molecule has 0 heterocycles. The fourth-order valence-electron chi connectivity index (χ4n) is 1.80. The third-order valence-corrected chi connectivity index (χ3v) is 2.64. The standard InChI is InChI=1S/C15H17NO6/c1-5-16(9(2)17)15(20)13-7-6-12(21-10(3)18)8-14(13)22-11(4)19/h6-8H,5H2,1-4H3. The van der Waals surface area contributed by atoms with Gasteiger partial charge in [-0.1, -0.05) is 0 Å². The first-order valence-corrected chi connectivity index (χ1v) is 6.59. The highest BCUT2D eigenvalue weighted by Crippen LogP contribution is 2.26. The summed E-state index contributed by atoms with van der Waals surface area (Å²) in [6.07, 6.45) is 0. The first-order valence-electron chi connectivity index (χ1n) is 6.59. The maximum Gasteiger partial charge on any atom is 0.308 e. The lowest BCUT2D eigenvalue weighted by molar-refractivity contribution is -0.132. The van der Waals surface area contributed by atoms with Gasteiger partial charge in [-0.05, 0) is 19.1 Å². The number of hydrogen-bond acceptors (Lipinski definition) is 6. The van der Waals surface area contributed by atoms with Crippen LogP contribution in [0.4, 0.5) is 0 Å². The van der Waals surface area contributed by atoms with Gasteiger partial charge >= 0.3 is 11.9 Å². The van der Waals surface area contributed by atoms with E-state index in [0.29, 0.717) is 0 Å². The number of amides is 2. The van der Waals surface area contributed by atoms with Gasteiger partial charge in [0.25, 0.3) is 5.91 Å². The quantitative estimate of drug-likeness (QED) is 0.619. The van der Waals surface area contributed by atoms with Gasteiger partial charge in [0.1, 0.15) is 11.5 Å². The minimum absolute atomic E-state index is 0.0307. The Morgan fingerprint density at radius 2 is 1.59 bits per heavy atom. The Balaban J connectivity index is 3.27. The molecule has 22 heavy (non-hydrogen) atoms. The summed E-state index contributed by atoms with van der Waals surface area (Å²) in [5, 5.41) is 0. The average Bonchev–Trinajstić information content (AvgIpc) is 2.37. The lowest BCUT2D eigenvalue weighted by Gasteiger charge is -2.18. The molecule has 0 unspecified atom stereocenters. The summed E-state index contributed by atoms with van der Waals surface area (Å²) in [6, 6.07) is 3.98. The molecule has 0 bridgehead atoms. The number of imide groups is 1. The maximum atomic E-state index is 12.4. The van der Waals surface area contributed by atoms with E-state index >= 15 is 0 Å². The molecule has 7 heteroatoms. The number of benzene rings is 1. The van der Waals surface area contributed by atoms with Crippen LogP contribution >= 0.6 is 0 Å². The Morgan fingerprint density at radius 3 is 2.05 bits per heavy atom. The van der Waals surface area contributed by atoms with Gasteiger partial charge in [0.15, 0.2) is 0 Å². The number of nitrogens with zero attached hydrogens (tertiary/aromatic N) is 1. The number of carbonyl (C=O) groups excluding carboxylic acids is 4. The predicted molar refractivity (Wildman–Crippen MR) is 76.5 cm³/mol. The highest BCUT2D eigenvalue weighted by molar-refractivity contribution is 6.06. The third-order valence-electron chi connectivity index (χ3n) is 2.64. The van der Waals surface area contributed by atoms with E-state index in [-0.39, 0.29) is 23.6 Å². The van der Waals surface area contributed by atoms with E-state index in [9.17, 15) is 19.2 Å². The van der Waals surface area contributed by atoms with Crippen molar-refractivity contribution in [2.24, 2.45) is 0 Å². The van der Waals surface area contributed by atoms with Gasteiger partial charge in [-0.2, -0.15) is 0 Å². The van der Waals surface area contributed by atoms with Crippen LogP contribution in [0.1, 0.15) is 38.1 Å². The fourth-order valence-corrected chi connectivity index (χ4v) is 1.80. The molecular formula is C15H17NO6. The molecule has 118 valence electrons. The molecule has 1 aromatic rings. The maximum absolute atomic E-state index is 12.4. The lowest BCUT2D eigenvalue weighted by Crippen LogP contribution is -2.35. The summed E-state index contributed by atoms with van der Waals surface area (Å²) in [4.78, 5) is 47.0. The third kappa shape index (κ3) is 4.41. The highest BCUT2D eigenvalue weighted by atomic mass is 16.5. The number of rotatable bonds is 4. The Bertz CT molecular complexity index is 622. The zero-order chi connectivity index (χ0) is 16.9. The predicted octanol–water partition coefficient (Wildman–Crippen LogP) is 1.55. The fraction of sp³-hybridized carbons (Fsp3) is 0.333. The Morgan fingerprint density at radius 1 is 1.00 bits per heavy atom. The smallest absolute Gasteiger partial charge is 0.308 e. The molecule has 0 aliphatic rings. The largest absolute Gasteiger partial charge is 0.427 e. The number of hydrogen-bond donors (Lipinski definition) is 0. The Hall–Kier alpha value is -2.70. The Labute approximate surface area is 127 Å². The zero-order valence-electron chi connectivity index (χ0n) is 12.8. The molecule has 0 aromatic heterocycles. The SMILES string of the molecule is CCN(C(C)=O)C(=O)c1ccc(OC(C)=O)cc1OC(C)=O. The van der Waals surface area contributed by atoms with Gasteiger partial charge < -0.3 is 9.47 Å². The first kappa shape index (κ1) is 17.4. The van der Waals surface area contributed by atoms with Crippen LogP contribution in [0, 0.1) is 0 Å². The van der Waals surface area contributed by atoms with Crippen molar-refractivity contribution in [3.63, 3.8) is 0 Å². The van der Waals surface area contributed by atoms with E-state index in [1.165, 1.54) is 39.0 Å². The summed E-state index contributed by atoms with van der Waals surface area (Å²) >= 11 is 0. The molecule has 2 amide bonds. The van der Waals surface area contributed by atoms with Crippen molar-refractivity contribution >= 4 is 23.8 Å². The van der Waals surface area contributed by atoms with E-state index in [0.717, 1.165) is 4.90 Å². The van der Waals surface area contributed by atoms with Crippen molar-refractivity contribution in [1.29, 1.82) is 0 Å². The molecule has 7 nitrogen and oxygen atoms in total. The van der Waals surface area contributed by atoms with Crippen LogP contribution in [0.25, 0.3) is 0 Å². The summed E-state index contributed by atoms with van der Waals surface area (Å²) in [5.74, 6) is -2.15. The van der Waals surface area contributed by atoms with E-state index < -0.39 is 23.8 Å². The van der Waals surface area contributed by atoms with Crippen LogP contribution < -0.4 is 9.47 Å². The van der Waals surface area contributed by atoms with E-state index in [4.69, 9.17) is 9.47 Å². The van der Waals surface area contributed by atoms with Crippen molar-refractivity contribution in [1.82, 2.24) is 4.90 Å². The van der Waals surface area contributed by atoms with Crippen molar-refractivity contribution in [2.45, 2.75) is 27.7 Å². The minimum atomic E-state index is -0.639. The molecule has 0 saturated carbocycles. The number of carbonyl (C=O) groups is 4. The van der Waals surface area contributed by atoms with Crippen molar-refractivity contribution in [3.05, 3.63) is 23.8 Å². The van der Waals surface area contributed by atoms with E-state index in [2.05, 4.69) is 0 Å². The monoisotopic (exact) mass is 307 g/mol. The first-order chi connectivity index (χ1) is 10.3. The van der Waals surface area contributed by atoms with Crippen LogP contribution in [0.5, 0.6) is 11.5 Å². The molecular weight excluding hydrogens is 290 g/mol. The molecule has 1 aromatic carbocycles. The van der Waals surface area contributed by atoms with Crippen molar-refractivity contribution < 1.29 is 28.7 Å². The molecule has 0 aliphatic carbocycles. The highest BCUT2D eigenvalue weighted by Gasteiger charge is 2.23. The van der Waals surface area contributed by atoms with E-state index in [1.54, 1.807) is 6.92 Å². The number of esters is 2. The molecule has 0 radical (unpaired) electrons. The van der Waals surface area contributed by atoms with Gasteiger partial charge in [-0.25, -0.2) is 0 Å². The Kier molecular flexibility index (Phi) is 5.80. The molecule has 0 aliphatic heterocycles. The second-order valence-corrected chi connectivity index (χ2v) is 4.41. The summed E-state index contributed by atoms with van der Waals surface area (Å²) in [5.41, 5.74) is 0.0307. The second-order valence-electron chi connectivity index (χ2n) is 4.41. The van der Waals surface area contributed by atoms with Crippen molar-refractivity contribution in [2.75, 3.05) is 6.54 Å². The summed E-state index contributed by atoms with van der Waals surface area (Å²) in [7, 11) is 0. The van der Waals surface area contributed by atoms with Gasteiger partial charge in [0.05, 0.1) is 5.56 Å². The second kappa shape index (κ2) is 7.35. The molecule has 0 saturated heterocycles. The van der Waals surface area contributed by atoms with Crippen LogP contribution in [0.3, 0.4) is 0 Å². The summed E-state index contributed by atoms with van der Waals surface area (Å²) in [6.45, 7) is 5.49. The van der Waals surface area contributed by atoms with Gasteiger partial charge in [0, 0.05) is 33.4 Å². The molecule has 0 spiro atoms. The van der Waals surface area contributed by atoms with Crippen LogP contribution in [0.15, 0.2) is 18.2 Å². The molecule has 0 fully saturated rings. The lowest BCUT2D eigenvalue weighted by atomic mass is 10.1. The van der Waals surface area contributed by atoms with E-state index in [1.807, 2.05) is 0 Å². The normalized spacial score (nSPS) is 9.82. The van der Waals surface area contributed by atoms with Gasteiger partial charge in [-0.15, -0.1) is 0 Å². The van der Waals surface area contributed by atoms with Crippen LogP contribution in [-0.2, 0) is 14.4 Å². The number of ether oxygens (including phenoxy) is 2. The molecule has 0 atom stereocenters. The molecule has 1 rings (SSSR count). The van der Waals surface area contributed by atoms with Crippen LogP contribution in [0.2, 0.25) is 0 Å². The topological polar surface area (TPSA) is 90.0 Å². The van der Waals surface area contributed by atoms with Gasteiger partial charge in [-0.3, -0.25) is 24.1 Å². The average molecular weight is 307 g/mol. The minimum Gasteiger partial charge on any atom is -0.427 e. The summed E-state index contributed by atoms with van der Waals surface area (Å²) < 4.78 is 9.86.